The second-order valence-electron chi connectivity index (χ2n) is 5.09. The van der Waals surface area contributed by atoms with Gasteiger partial charge in [-0.25, -0.2) is 4.79 Å². The predicted molar refractivity (Wildman–Crippen MR) is 90.3 cm³/mol. The summed E-state index contributed by atoms with van der Waals surface area (Å²) in [5.74, 6) is -0.688. The number of nitriles is 1. The topological polar surface area (TPSA) is 92.2 Å². The molecule has 0 spiro atoms. The molecule has 0 saturated heterocycles. The van der Waals surface area contributed by atoms with Crippen LogP contribution >= 0.6 is 11.6 Å². The molecule has 0 amide bonds. The summed E-state index contributed by atoms with van der Waals surface area (Å²) in [4.78, 5) is 25.6. The normalized spacial score (nSPS) is 11.0. The van der Waals surface area contributed by atoms with E-state index in [4.69, 9.17) is 26.3 Å². The summed E-state index contributed by atoms with van der Waals surface area (Å²) in [7, 11) is 0. The SMILES string of the molecule is CCOC(=O)C(C#N)=Cc1[nH]c(CCl)c(CCCOC(C)=O)c1C. The monoisotopic (exact) mass is 352 g/mol. The van der Waals surface area contributed by atoms with Crippen LogP contribution in [0, 0.1) is 18.3 Å². The van der Waals surface area contributed by atoms with Gasteiger partial charge >= 0.3 is 11.9 Å². The van der Waals surface area contributed by atoms with E-state index in [-0.39, 0.29) is 24.0 Å². The van der Waals surface area contributed by atoms with E-state index >= 15 is 0 Å². The number of alkyl halides is 1. The molecule has 1 aromatic heterocycles. The number of rotatable bonds is 8. The molecule has 0 bridgehead atoms. The molecule has 1 aromatic rings. The number of esters is 2. The van der Waals surface area contributed by atoms with E-state index in [0.717, 1.165) is 16.8 Å². The maximum absolute atomic E-state index is 11.7. The summed E-state index contributed by atoms with van der Waals surface area (Å²) in [6, 6.07) is 1.85. The number of nitrogens with zero attached hydrogens (tertiary/aromatic N) is 1. The molecule has 0 aliphatic carbocycles. The number of carbonyl (C=O) groups is 2. The van der Waals surface area contributed by atoms with E-state index < -0.39 is 5.97 Å². The Balaban J connectivity index is 2.99. The highest BCUT2D eigenvalue weighted by atomic mass is 35.5. The van der Waals surface area contributed by atoms with Crippen molar-refractivity contribution in [3.8, 4) is 6.07 Å². The highest BCUT2D eigenvalue weighted by Gasteiger charge is 2.16. The molecule has 0 radical (unpaired) electrons. The van der Waals surface area contributed by atoms with Crippen LogP contribution in [0.2, 0.25) is 0 Å². The molecule has 6 nitrogen and oxygen atoms in total. The summed E-state index contributed by atoms with van der Waals surface area (Å²) in [5, 5.41) is 9.13. The average molecular weight is 353 g/mol. The van der Waals surface area contributed by atoms with Crippen molar-refractivity contribution < 1.29 is 19.1 Å². The third-order valence-corrected chi connectivity index (χ3v) is 3.69. The van der Waals surface area contributed by atoms with E-state index in [0.29, 0.717) is 25.1 Å². The first-order chi connectivity index (χ1) is 11.4. The van der Waals surface area contributed by atoms with Crippen molar-refractivity contribution in [1.82, 2.24) is 4.98 Å². The highest BCUT2D eigenvalue weighted by Crippen LogP contribution is 2.24. The minimum absolute atomic E-state index is 0.0752. The second-order valence-corrected chi connectivity index (χ2v) is 5.36. The number of hydrogen-bond acceptors (Lipinski definition) is 5. The van der Waals surface area contributed by atoms with Gasteiger partial charge in [-0.2, -0.15) is 5.26 Å². The number of hydrogen-bond donors (Lipinski definition) is 1. The summed E-state index contributed by atoms with van der Waals surface area (Å²) in [6.45, 7) is 5.47. The van der Waals surface area contributed by atoms with E-state index in [2.05, 4.69) is 4.98 Å². The Morgan fingerprint density at radius 3 is 2.62 bits per heavy atom. The fourth-order valence-electron chi connectivity index (χ4n) is 2.27. The van der Waals surface area contributed by atoms with Crippen molar-refractivity contribution >= 4 is 29.6 Å². The van der Waals surface area contributed by atoms with E-state index in [1.54, 1.807) is 6.92 Å². The molecule has 0 saturated carbocycles. The number of H-pyrrole nitrogens is 1. The Kier molecular flexibility index (Phi) is 8.07. The first-order valence-electron chi connectivity index (χ1n) is 7.63. The van der Waals surface area contributed by atoms with Crippen LogP contribution < -0.4 is 0 Å². The van der Waals surface area contributed by atoms with Crippen LogP contribution in [0.15, 0.2) is 5.57 Å². The van der Waals surface area contributed by atoms with Gasteiger partial charge in [0.25, 0.3) is 0 Å². The van der Waals surface area contributed by atoms with Crippen LogP contribution in [0.25, 0.3) is 6.08 Å². The van der Waals surface area contributed by atoms with Crippen LogP contribution in [0.3, 0.4) is 0 Å². The lowest BCUT2D eigenvalue weighted by molar-refractivity contribution is -0.141. The number of aromatic amines is 1. The summed E-state index contributed by atoms with van der Waals surface area (Å²) >= 11 is 5.97. The Morgan fingerprint density at radius 1 is 1.38 bits per heavy atom. The minimum Gasteiger partial charge on any atom is -0.466 e. The molecule has 0 aromatic carbocycles. The second kappa shape index (κ2) is 9.78. The first kappa shape index (κ1) is 19.8. The third kappa shape index (κ3) is 5.43. The molecule has 0 unspecified atom stereocenters. The quantitative estimate of drug-likeness (QED) is 0.255. The van der Waals surface area contributed by atoms with Gasteiger partial charge in [0.1, 0.15) is 11.6 Å². The maximum Gasteiger partial charge on any atom is 0.348 e. The zero-order valence-corrected chi connectivity index (χ0v) is 14.8. The van der Waals surface area contributed by atoms with Crippen molar-refractivity contribution in [2.75, 3.05) is 13.2 Å². The van der Waals surface area contributed by atoms with Crippen LogP contribution in [0.4, 0.5) is 0 Å². The molecule has 24 heavy (non-hydrogen) atoms. The van der Waals surface area contributed by atoms with Crippen molar-refractivity contribution in [3.05, 3.63) is 28.1 Å². The first-order valence-corrected chi connectivity index (χ1v) is 8.16. The van der Waals surface area contributed by atoms with E-state index in [1.807, 2.05) is 13.0 Å². The van der Waals surface area contributed by atoms with Crippen LogP contribution in [0.1, 0.15) is 42.8 Å². The average Bonchev–Trinajstić information content (AvgIpc) is 2.84. The largest absolute Gasteiger partial charge is 0.466 e. The van der Waals surface area contributed by atoms with Gasteiger partial charge in [0.05, 0.1) is 19.1 Å². The zero-order chi connectivity index (χ0) is 18.1. The van der Waals surface area contributed by atoms with Crippen molar-refractivity contribution in [2.45, 2.75) is 39.5 Å². The van der Waals surface area contributed by atoms with Crippen LogP contribution in [-0.2, 0) is 31.4 Å². The minimum atomic E-state index is -0.655. The summed E-state index contributed by atoms with van der Waals surface area (Å²) < 4.78 is 9.78. The molecule has 130 valence electrons. The molecule has 1 N–H and O–H groups in total. The van der Waals surface area contributed by atoms with Gasteiger partial charge in [-0.05, 0) is 43.9 Å². The van der Waals surface area contributed by atoms with E-state index in [9.17, 15) is 9.59 Å². The molecule has 0 aliphatic heterocycles. The Morgan fingerprint density at radius 2 is 2.08 bits per heavy atom. The number of carbonyl (C=O) groups excluding carboxylic acids is 2. The molecule has 0 aliphatic rings. The molecule has 1 rings (SSSR count). The Labute approximate surface area is 146 Å². The Bertz CT molecular complexity index is 671. The lowest BCUT2D eigenvalue weighted by Gasteiger charge is -2.04. The van der Waals surface area contributed by atoms with Gasteiger partial charge in [-0.15, -0.1) is 11.6 Å². The summed E-state index contributed by atoms with van der Waals surface area (Å²) in [6.07, 6.45) is 2.81. The molecule has 0 fully saturated rings. The number of ether oxygens (including phenoxy) is 2. The Hall–Kier alpha value is -2.26. The summed E-state index contributed by atoms with van der Waals surface area (Å²) in [5.41, 5.74) is 3.31. The maximum atomic E-state index is 11.7. The fourth-order valence-corrected chi connectivity index (χ4v) is 2.50. The van der Waals surface area contributed by atoms with Crippen LogP contribution in [0.5, 0.6) is 0 Å². The smallest absolute Gasteiger partial charge is 0.348 e. The lowest BCUT2D eigenvalue weighted by Crippen LogP contribution is -2.06. The standard InChI is InChI=1S/C17H21ClN2O4/c1-4-23-17(22)13(10-19)8-15-11(2)14(16(9-18)20-15)6-5-7-24-12(3)21/h8,20H,4-7,9H2,1-3H3. The third-order valence-electron chi connectivity index (χ3n) is 3.42. The van der Waals surface area contributed by atoms with Gasteiger partial charge in [0.15, 0.2) is 0 Å². The van der Waals surface area contributed by atoms with Crippen LogP contribution in [-0.4, -0.2) is 30.1 Å². The molecule has 1 heterocycles. The highest BCUT2D eigenvalue weighted by molar-refractivity contribution is 6.17. The number of aromatic nitrogens is 1. The van der Waals surface area contributed by atoms with Gasteiger partial charge in [-0.1, -0.05) is 0 Å². The molecule has 7 heteroatoms. The zero-order valence-electron chi connectivity index (χ0n) is 14.1. The van der Waals surface area contributed by atoms with Gasteiger partial charge < -0.3 is 14.5 Å². The predicted octanol–water partition coefficient (Wildman–Crippen LogP) is 3.03. The number of nitrogens with one attached hydrogen (secondary N) is 1. The van der Waals surface area contributed by atoms with Gasteiger partial charge in [0, 0.05) is 18.3 Å². The molecular weight excluding hydrogens is 332 g/mol. The van der Waals surface area contributed by atoms with E-state index in [1.165, 1.54) is 13.0 Å². The molecular formula is C17H21ClN2O4. The van der Waals surface area contributed by atoms with Crippen molar-refractivity contribution in [1.29, 1.82) is 5.26 Å². The van der Waals surface area contributed by atoms with Crippen molar-refractivity contribution in [3.63, 3.8) is 0 Å². The van der Waals surface area contributed by atoms with Gasteiger partial charge in [-0.3, -0.25) is 4.79 Å². The lowest BCUT2D eigenvalue weighted by atomic mass is 10.0. The fraction of sp³-hybridized carbons (Fsp3) is 0.471. The van der Waals surface area contributed by atoms with Gasteiger partial charge in [0.2, 0.25) is 0 Å². The number of halogens is 1. The van der Waals surface area contributed by atoms with Crippen molar-refractivity contribution in [2.24, 2.45) is 0 Å². The molecule has 0 atom stereocenters.